The number of benzene rings is 2. The Morgan fingerprint density at radius 2 is 1.88 bits per heavy atom. The summed E-state index contributed by atoms with van der Waals surface area (Å²) in [6.07, 6.45) is 8.24. The fourth-order valence-corrected chi connectivity index (χ4v) is 3.29. The number of hydrogen-bond acceptors (Lipinski definition) is 5. The number of nitrogens with one attached hydrogen (secondary N) is 1. The van der Waals surface area contributed by atoms with Gasteiger partial charge in [-0.2, -0.15) is 0 Å². The van der Waals surface area contributed by atoms with Crippen molar-refractivity contribution in [3.8, 4) is 28.4 Å². The van der Waals surface area contributed by atoms with Crippen molar-refractivity contribution in [3.63, 3.8) is 0 Å². The lowest BCUT2D eigenvalue weighted by Gasteiger charge is -2.07. The molecule has 0 aliphatic heterocycles. The number of aromatic nitrogens is 3. The number of nitrogens with zero attached hydrogens (tertiary/aromatic N) is 2. The lowest BCUT2D eigenvalue weighted by molar-refractivity contribution is 0.104. The topological polar surface area (TPSA) is 86.2 Å². The molecule has 0 saturated carbocycles. The maximum Gasteiger partial charge on any atom is 0.330 e. The number of carbonyl (C=O) groups excluding carboxylic acids is 1. The van der Waals surface area contributed by atoms with Crippen LogP contribution in [0.1, 0.15) is 15.9 Å². The molecule has 0 bridgehead atoms. The molecule has 0 aliphatic rings. The summed E-state index contributed by atoms with van der Waals surface area (Å²) in [5.74, 6) is 1.02. The number of hydrogen-bond donors (Lipinski definition) is 1. The Labute approximate surface area is 184 Å². The van der Waals surface area contributed by atoms with Crippen molar-refractivity contribution in [1.29, 1.82) is 0 Å². The van der Waals surface area contributed by atoms with E-state index in [1.54, 1.807) is 81.4 Å². The SMILES string of the molecule is COc1ccc(C=CC(=O)c2cccc(-n3cc(-c4cccnc4)[nH]c3=O)c2)cc1OC. The highest BCUT2D eigenvalue weighted by atomic mass is 16.5. The van der Waals surface area contributed by atoms with Crippen LogP contribution in [0, 0.1) is 0 Å². The van der Waals surface area contributed by atoms with Crippen LogP contribution in [0.15, 0.2) is 84.1 Å². The molecular formula is C25H21N3O4. The Bertz CT molecular complexity index is 1340. The van der Waals surface area contributed by atoms with Gasteiger partial charge in [0.25, 0.3) is 0 Å². The van der Waals surface area contributed by atoms with Crippen LogP contribution in [-0.2, 0) is 0 Å². The summed E-state index contributed by atoms with van der Waals surface area (Å²) in [6.45, 7) is 0. The number of methoxy groups -OCH3 is 2. The lowest BCUT2D eigenvalue weighted by atomic mass is 10.1. The number of aromatic amines is 1. The number of imidazole rings is 1. The Kier molecular flexibility index (Phi) is 5.98. The molecule has 0 radical (unpaired) electrons. The van der Waals surface area contributed by atoms with Crippen molar-refractivity contribution in [2.75, 3.05) is 14.2 Å². The van der Waals surface area contributed by atoms with E-state index in [4.69, 9.17) is 9.47 Å². The zero-order valence-corrected chi connectivity index (χ0v) is 17.6. The molecule has 160 valence electrons. The van der Waals surface area contributed by atoms with Crippen LogP contribution < -0.4 is 15.2 Å². The maximum absolute atomic E-state index is 12.7. The van der Waals surface area contributed by atoms with Gasteiger partial charge in [-0.25, -0.2) is 4.79 Å². The molecule has 4 aromatic rings. The van der Waals surface area contributed by atoms with E-state index in [-0.39, 0.29) is 11.5 Å². The molecule has 0 fully saturated rings. The van der Waals surface area contributed by atoms with Crippen LogP contribution in [0.5, 0.6) is 11.5 Å². The van der Waals surface area contributed by atoms with Crippen LogP contribution in [0.4, 0.5) is 0 Å². The van der Waals surface area contributed by atoms with Gasteiger partial charge in [0.1, 0.15) is 0 Å². The molecule has 4 rings (SSSR count). The van der Waals surface area contributed by atoms with Gasteiger partial charge in [-0.3, -0.25) is 14.3 Å². The van der Waals surface area contributed by atoms with Crippen molar-refractivity contribution >= 4 is 11.9 Å². The van der Waals surface area contributed by atoms with Crippen LogP contribution in [0.25, 0.3) is 23.0 Å². The number of H-pyrrole nitrogens is 1. The molecule has 32 heavy (non-hydrogen) atoms. The van der Waals surface area contributed by atoms with E-state index in [1.165, 1.54) is 10.6 Å². The minimum absolute atomic E-state index is 0.183. The molecule has 2 aromatic heterocycles. The number of allylic oxidation sites excluding steroid dienone is 1. The molecular weight excluding hydrogens is 406 g/mol. The number of ketones is 1. The van der Waals surface area contributed by atoms with Gasteiger partial charge >= 0.3 is 5.69 Å². The molecule has 0 aliphatic carbocycles. The van der Waals surface area contributed by atoms with Crippen molar-refractivity contribution in [2.24, 2.45) is 0 Å². The van der Waals surface area contributed by atoms with Gasteiger partial charge in [0.15, 0.2) is 17.3 Å². The summed E-state index contributed by atoms with van der Waals surface area (Å²) in [7, 11) is 3.13. The van der Waals surface area contributed by atoms with E-state index in [0.29, 0.717) is 28.4 Å². The minimum atomic E-state index is -0.297. The van der Waals surface area contributed by atoms with E-state index in [1.807, 2.05) is 12.1 Å². The molecule has 7 heteroatoms. The standard InChI is InChI=1S/C25H21N3O4/c1-31-23-11-9-17(13-24(23)32-2)8-10-22(29)18-5-3-7-20(14-18)28-16-21(27-25(28)30)19-6-4-12-26-15-19/h3-16H,1-2H3,(H,27,30). The maximum atomic E-state index is 12.7. The summed E-state index contributed by atoms with van der Waals surface area (Å²) >= 11 is 0. The van der Waals surface area contributed by atoms with Gasteiger partial charge in [0.2, 0.25) is 0 Å². The number of ether oxygens (including phenoxy) is 2. The summed E-state index contributed by atoms with van der Waals surface area (Å²) < 4.78 is 12.0. The molecule has 2 heterocycles. The second-order valence-corrected chi connectivity index (χ2v) is 6.95. The van der Waals surface area contributed by atoms with Gasteiger partial charge in [0, 0.05) is 29.7 Å². The summed E-state index contributed by atoms with van der Waals surface area (Å²) in [4.78, 5) is 32.1. The van der Waals surface area contributed by atoms with Crippen molar-refractivity contribution < 1.29 is 14.3 Å². The first-order chi connectivity index (χ1) is 15.6. The largest absolute Gasteiger partial charge is 0.493 e. The second-order valence-electron chi connectivity index (χ2n) is 6.95. The minimum Gasteiger partial charge on any atom is -0.493 e. The van der Waals surface area contributed by atoms with Crippen LogP contribution in [-0.4, -0.2) is 34.5 Å². The van der Waals surface area contributed by atoms with Crippen molar-refractivity contribution in [3.05, 3.63) is 101 Å². The van der Waals surface area contributed by atoms with E-state index in [2.05, 4.69) is 9.97 Å². The monoisotopic (exact) mass is 427 g/mol. The van der Waals surface area contributed by atoms with E-state index in [9.17, 15) is 9.59 Å². The average molecular weight is 427 g/mol. The Morgan fingerprint density at radius 3 is 2.62 bits per heavy atom. The molecule has 0 unspecified atom stereocenters. The first kappa shape index (κ1) is 20.9. The normalized spacial score (nSPS) is 10.9. The lowest BCUT2D eigenvalue weighted by Crippen LogP contribution is -2.14. The highest BCUT2D eigenvalue weighted by Crippen LogP contribution is 2.28. The fourth-order valence-electron chi connectivity index (χ4n) is 3.29. The predicted molar refractivity (Wildman–Crippen MR) is 123 cm³/mol. The second kappa shape index (κ2) is 9.18. The van der Waals surface area contributed by atoms with E-state index in [0.717, 1.165) is 11.1 Å². The van der Waals surface area contributed by atoms with Gasteiger partial charge in [-0.15, -0.1) is 0 Å². The molecule has 0 atom stereocenters. The van der Waals surface area contributed by atoms with E-state index >= 15 is 0 Å². The van der Waals surface area contributed by atoms with Crippen molar-refractivity contribution in [2.45, 2.75) is 0 Å². The van der Waals surface area contributed by atoms with Crippen LogP contribution in [0.2, 0.25) is 0 Å². The third-order valence-corrected chi connectivity index (χ3v) is 4.93. The summed E-state index contributed by atoms with van der Waals surface area (Å²) in [5, 5.41) is 0. The number of carbonyl (C=O) groups is 1. The quantitative estimate of drug-likeness (QED) is 0.354. The zero-order chi connectivity index (χ0) is 22.5. The number of pyridine rings is 1. The molecule has 2 aromatic carbocycles. The smallest absolute Gasteiger partial charge is 0.330 e. The Balaban J connectivity index is 1.58. The number of rotatable bonds is 7. The van der Waals surface area contributed by atoms with Gasteiger partial charge < -0.3 is 14.5 Å². The van der Waals surface area contributed by atoms with Gasteiger partial charge in [-0.05, 0) is 48.0 Å². The highest BCUT2D eigenvalue weighted by molar-refractivity contribution is 6.07. The first-order valence-corrected chi connectivity index (χ1v) is 9.86. The fraction of sp³-hybridized carbons (Fsp3) is 0.0800. The molecule has 0 amide bonds. The molecule has 0 saturated heterocycles. The summed E-state index contributed by atoms with van der Waals surface area (Å²) in [6, 6.07) is 16.0. The van der Waals surface area contributed by atoms with Gasteiger partial charge in [-0.1, -0.05) is 24.3 Å². The third-order valence-electron chi connectivity index (χ3n) is 4.93. The molecule has 1 N–H and O–H groups in total. The Morgan fingerprint density at radius 1 is 1.03 bits per heavy atom. The van der Waals surface area contributed by atoms with Gasteiger partial charge in [0.05, 0.1) is 25.6 Å². The average Bonchev–Trinajstić information content (AvgIpc) is 3.24. The summed E-state index contributed by atoms with van der Waals surface area (Å²) in [5.41, 5.74) is 3.01. The van der Waals surface area contributed by atoms with Crippen molar-refractivity contribution in [1.82, 2.24) is 14.5 Å². The Hall–Kier alpha value is -4.39. The third kappa shape index (κ3) is 4.37. The molecule has 0 spiro atoms. The van der Waals surface area contributed by atoms with Crippen LogP contribution in [0.3, 0.4) is 0 Å². The van der Waals surface area contributed by atoms with E-state index < -0.39 is 0 Å². The van der Waals surface area contributed by atoms with Crippen LogP contribution >= 0.6 is 0 Å². The highest BCUT2D eigenvalue weighted by Gasteiger charge is 2.10. The first-order valence-electron chi connectivity index (χ1n) is 9.86. The predicted octanol–water partition coefficient (Wildman–Crippen LogP) is 4.14. The zero-order valence-electron chi connectivity index (χ0n) is 17.6. The molecule has 7 nitrogen and oxygen atoms in total.